The number of ether oxygens (including phenoxy) is 1. The molecule has 1 saturated heterocycles. The van der Waals surface area contributed by atoms with Crippen LogP contribution >= 0.6 is 0 Å². The van der Waals surface area contributed by atoms with Gasteiger partial charge in [-0.2, -0.15) is 10.5 Å². The molecular weight excluding hydrogens is 402 g/mol. The molecule has 1 unspecified atom stereocenters. The molecule has 2 heterocycles. The summed E-state index contributed by atoms with van der Waals surface area (Å²) < 4.78 is 11.2. The molecule has 1 atom stereocenters. The molecule has 1 aromatic heterocycles. The van der Waals surface area contributed by atoms with Crippen LogP contribution in [0.5, 0.6) is 0 Å². The second kappa shape index (κ2) is 8.86. The maximum absolute atomic E-state index is 12.7. The lowest BCUT2D eigenvalue weighted by molar-refractivity contribution is 0.105. The summed E-state index contributed by atoms with van der Waals surface area (Å²) >= 11 is 0. The summed E-state index contributed by atoms with van der Waals surface area (Å²) in [5.74, 6) is 0. The first-order valence-electron chi connectivity index (χ1n) is 10.7. The first-order chi connectivity index (χ1) is 15.4. The van der Waals surface area contributed by atoms with Gasteiger partial charge in [0, 0.05) is 11.9 Å². The minimum atomic E-state index is -0.361. The predicted molar refractivity (Wildman–Crippen MR) is 123 cm³/mol. The van der Waals surface area contributed by atoms with Gasteiger partial charge in [-0.05, 0) is 41.5 Å². The van der Waals surface area contributed by atoms with Crippen molar-refractivity contribution >= 4 is 16.7 Å². The van der Waals surface area contributed by atoms with Crippen molar-refractivity contribution in [2.75, 3.05) is 24.7 Å². The van der Waals surface area contributed by atoms with Crippen molar-refractivity contribution in [3.05, 3.63) is 75.7 Å². The van der Waals surface area contributed by atoms with E-state index in [1.165, 1.54) is 0 Å². The summed E-state index contributed by atoms with van der Waals surface area (Å²) in [5, 5.41) is 19.5. The number of benzene rings is 1. The highest BCUT2D eigenvalue weighted by Gasteiger charge is 2.28. The molecule has 6 heteroatoms. The number of nitriles is 2. The summed E-state index contributed by atoms with van der Waals surface area (Å²) in [5.41, 5.74) is 2.68. The van der Waals surface area contributed by atoms with E-state index >= 15 is 0 Å². The Morgan fingerprint density at radius 2 is 2.00 bits per heavy atom. The molecule has 1 fully saturated rings. The molecule has 162 valence electrons. The summed E-state index contributed by atoms with van der Waals surface area (Å²) in [4.78, 5) is 14.7. The van der Waals surface area contributed by atoms with Crippen LogP contribution in [-0.2, 0) is 4.74 Å². The second-order valence-corrected chi connectivity index (χ2v) is 9.01. The van der Waals surface area contributed by atoms with Gasteiger partial charge < -0.3 is 14.1 Å². The zero-order valence-electron chi connectivity index (χ0n) is 18.3. The SMILES string of the molecule is CC1(C)CC(C=CC2COCCN2c2cc3ccccc3oc2=O)=CC(=C(C#N)C#N)C1. The molecule has 4 rings (SSSR count). The quantitative estimate of drug-likeness (QED) is 0.523. The number of allylic oxidation sites excluding steroid dienone is 5. The minimum Gasteiger partial charge on any atom is -0.421 e. The monoisotopic (exact) mass is 427 g/mol. The van der Waals surface area contributed by atoms with Gasteiger partial charge in [0.1, 0.15) is 29.0 Å². The third kappa shape index (κ3) is 4.51. The van der Waals surface area contributed by atoms with Crippen LogP contribution in [0.1, 0.15) is 26.7 Å². The maximum Gasteiger partial charge on any atom is 0.360 e. The smallest absolute Gasteiger partial charge is 0.360 e. The van der Waals surface area contributed by atoms with E-state index in [1.807, 2.05) is 59.5 Å². The highest BCUT2D eigenvalue weighted by Crippen LogP contribution is 2.39. The van der Waals surface area contributed by atoms with Gasteiger partial charge in [-0.3, -0.25) is 0 Å². The van der Waals surface area contributed by atoms with Crippen molar-refractivity contribution in [2.45, 2.75) is 32.7 Å². The number of rotatable bonds is 3. The molecule has 0 spiro atoms. The van der Waals surface area contributed by atoms with E-state index in [-0.39, 0.29) is 22.7 Å². The van der Waals surface area contributed by atoms with E-state index in [9.17, 15) is 15.3 Å². The van der Waals surface area contributed by atoms with E-state index in [2.05, 4.69) is 13.8 Å². The molecule has 1 aliphatic carbocycles. The third-order valence-corrected chi connectivity index (χ3v) is 5.89. The van der Waals surface area contributed by atoms with Gasteiger partial charge >= 0.3 is 5.63 Å². The van der Waals surface area contributed by atoms with Crippen molar-refractivity contribution in [3.8, 4) is 12.1 Å². The first kappa shape index (κ1) is 21.6. The number of anilines is 1. The fourth-order valence-electron chi connectivity index (χ4n) is 4.46. The molecule has 1 aliphatic heterocycles. The van der Waals surface area contributed by atoms with Crippen LogP contribution < -0.4 is 10.5 Å². The molecule has 32 heavy (non-hydrogen) atoms. The Bertz CT molecular complexity index is 1250. The van der Waals surface area contributed by atoms with Crippen LogP contribution in [0.4, 0.5) is 5.69 Å². The summed E-state index contributed by atoms with van der Waals surface area (Å²) in [7, 11) is 0. The van der Waals surface area contributed by atoms with Crippen molar-refractivity contribution in [3.63, 3.8) is 0 Å². The summed E-state index contributed by atoms with van der Waals surface area (Å²) in [6.45, 7) is 5.85. The zero-order chi connectivity index (χ0) is 22.7. The lowest BCUT2D eigenvalue weighted by atomic mass is 9.74. The van der Waals surface area contributed by atoms with Gasteiger partial charge in [0.15, 0.2) is 0 Å². The Balaban J connectivity index is 1.66. The summed E-state index contributed by atoms with van der Waals surface area (Å²) in [6, 6.07) is 13.3. The van der Waals surface area contributed by atoms with Crippen molar-refractivity contribution < 1.29 is 9.15 Å². The Labute approximate surface area is 187 Å². The summed E-state index contributed by atoms with van der Waals surface area (Å²) in [6.07, 6.45) is 7.54. The van der Waals surface area contributed by atoms with E-state index < -0.39 is 0 Å². The predicted octanol–water partition coefficient (Wildman–Crippen LogP) is 4.64. The first-order valence-corrected chi connectivity index (χ1v) is 10.7. The Hall–Kier alpha value is -3.61. The van der Waals surface area contributed by atoms with Crippen LogP contribution in [0, 0.1) is 28.1 Å². The van der Waals surface area contributed by atoms with Crippen LogP contribution in [0.3, 0.4) is 0 Å². The lowest BCUT2D eigenvalue weighted by Gasteiger charge is -2.35. The second-order valence-electron chi connectivity index (χ2n) is 9.01. The molecule has 0 bridgehead atoms. The maximum atomic E-state index is 12.7. The molecule has 1 aromatic carbocycles. The molecule has 0 radical (unpaired) electrons. The van der Waals surface area contributed by atoms with E-state index in [4.69, 9.17) is 9.15 Å². The Morgan fingerprint density at radius 3 is 2.78 bits per heavy atom. The number of hydrogen-bond acceptors (Lipinski definition) is 6. The Morgan fingerprint density at radius 1 is 1.22 bits per heavy atom. The van der Waals surface area contributed by atoms with E-state index in [0.29, 0.717) is 37.4 Å². The fraction of sp³-hybridized carbons (Fsp3) is 0.346. The standard InChI is InChI=1S/C26H25N3O3/c1-26(2)13-18(11-20(14-26)21(15-27)16-28)7-8-22-17-31-10-9-29(22)23-12-19-5-3-4-6-24(19)32-25(23)30/h3-8,11-12,22H,9-10,13-14,17H2,1-2H3. The molecule has 2 aliphatic rings. The minimum absolute atomic E-state index is 0.0507. The van der Waals surface area contributed by atoms with Crippen LogP contribution in [0.25, 0.3) is 11.0 Å². The topological polar surface area (TPSA) is 90.3 Å². The van der Waals surface area contributed by atoms with Crippen molar-refractivity contribution in [2.24, 2.45) is 5.41 Å². The largest absolute Gasteiger partial charge is 0.421 e. The number of nitrogens with zero attached hydrogens (tertiary/aromatic N) is 3. The number of hydrogen-bond donors (Lipinski definition) is 0. The molecular formula is C26H25N3O3. The normalized spacial score (nSPS) is 20.6. The van der Waals surface area contributed by atoms with Crippen LogP contribution in [-0.4, -0.2) is 25.8 Å². The Kier molecular flexibility index (Phi) is 5.99. The molecule has 0 amide bonds. The van der Waals surface area contributed by atoms with Gasteiger partial charge in [0.25, 0.3) is 0 Å². The fourth-order valence-corrected chi connectivity index (χ4v) is 4.46. The number of morpholine rings is 1. The molecule has 0 saturated carbocycles. The van der Waals surface area contributed by atoms with Gasteiger partial charge in [-0.15, -0.1) is 0 Å². The van der Waals surface area contributed by atoms with Gasteiger partial charge in [0.05, 0.1) is 19.3 Å². The van der Waals surface area contributed by atoms with E-state index in [0.717, 1.165) is 23.0 Å². The highest BCUT2D eigenvalue weighted by atomic mass is 16.5. The molecule has 0 N–H and O–H groups in total. The number of para-hydroxylation sites is 1. The van der Waals surface area contributed by atoms with Gasteiger partial charge in [0.2, 0.25) is 0 Å². The van der Waals surface area contributed by atoms with Crippen LogP contribution in [0.2, 0.25) is 0 Å². The average Bonchev–Trinajstić information content (AvgIpc) is 2.77. The van der Waals surface area contributed by atoms with Crippen molar-refractivity contribution in [1.29, 1.82) is 10.5 Å². The van der Waals surface area contributed by atoms with E-state index in [1.54, 1.807) is 6.07 Å². The van der Waals surface area contributed by atoms with Gasteiger partial charge in [-0.25, -0.2) is 4.79 Å². The lowest BCUT2D eigenvalue weighted by Crippen LogP contribution is -2.46. The third-order valence-electron chi connectivity index (χ3n) is 5.89. The van der Waals surface area contributed by atoms with Gasteiger partial charge in [-0.1, -0.05) is 50.3 Å². The van der Waals surface area contributed by atoms with Crippen LogP contribution in [0.15, 0.2) is 74.5 Å². The highest BCUT2D eigenvalue weighted by molar-refractivity contribution is 5.79. The van der Waals surface area contributed by atoms with Crippen molar-refractivity contribution in [1.82, 2.24) is 0 Å². The zero-order valence-corrected chi connectivity index (χ0v) is 18.3. The average molecular weight is 428 g/mol. The molecule has 2 aromatic rings. The molecule has 6 nitrogen and oxygen atoms in total. The number of fused-ring (bicyclic) bond motifs is 1.